The molecule has 0 atom stereocenters. The number of benzene rings is 1. The largest absolute Gasteiger partial charge is 0.493 e. The Labute approximate surface area is 176 Å². The summed E-state index contributed by atoms with van der Waals surface area (Å²) in [6.45, 7) is 2.39. The van der Waals surface area contributed by atoms with Crippen molar-refractivity contribution >= 4 is 28.0 Å². The molecule has 0 bridgehead atoms. The summed E-state index contributed by atoms with van der Waals surface area (Å²) in [7, 11) is 0.0585. The number of rotatable bonds is 8. The van der Waals surface area contributed by atoms with E-state index in [1.54, 1.807) is 13.0 Å². The summed E-state index contributed by atoms with van der Waals surface area (Å²) in [6, 6.07) is 2.97. The quantitative estimate of drug-likeness (QED) is 0.444. The molecular formula is C20H27NO8S. The molecule has 1 fully saturated rings. The van der Waals surface area contributed by atoms with Gasteiger partial charge in [-0.15, -0.1) is 0 Å². The molecule has 1 aliphatic rings. The van der Waals surface area contributed by atoms with Gasteiger partial charge in [-0.3, -0.25) is 4.79 Å². The molecule has 1 heterocycles. The van der Waals surface area contributed by atoms with E-state index in [4.69, 9.17) is 14.2 Å². The molecule has 0 N–H and O–H groups in total. The van der Waals surface area contributed by atoms with Gasteiger partial charge in [-0.25, -0.2) is 13.2 Å². The van der Waals surface area contributed by atoms with Crippen molar-refractivity contribution in [3.05, 3.63) is 23.8 Å². The third kappa shape index (κ3) is 5.31. The number of ether oxygens (including phenoxy) is 4. The van der Waals surface area contributed by atoms with Gasteiger partial charge in [0.2, 0.25) is 10.0 Å². The zero-order valence-electron chi connectivity index (χ0n) is 17.5. The van der Waals surface area contributed by atoms with Gasteiger partial charge >= 0.3 is 11.9 Å². The predicted molar refractivity (Wildman–Crippen MR) is 109 cm³/mol. The second-order valence-electron chi connectivity index (χ2n) is 6.54. The number of hydrogen-bond donors (Lipinski definition) is 0. The summed E-state index contributed by atoms with van der Waals surface area (Å²) in [5.74, 6) is -0.911. The predicted octanol–water partition coefficient (Wildman–Crippen LogP) is 1.85. The Bertz CT molecular complexity index is 902. The number of piperidine rings is 1. The SMILES string of the molecule is CCOC(=O)C1CCN(S(=O)(=O)c2cc(/C=C/C(=O)OC)cc(OC)c2OC)CC1. The topological polar surface area (TPSA) is 108 Å². The maximum atomic E-state index is 13.3. The maximum absolute atomic E-state index is 13.3. The van der Waals surface area contributed by atoms with Crippen LogP contribution in [0.15, 0.2) is 23.1 Å². The van der Waals surface area contributed by atoms with Crippen LogP contribution in [0.2, 0.25) is 0 Å². The lowest BCUT2D eigenvalue weighted by Gasteiger charge is -2.30. The molecule has 2 rings (SSSR count). The molecule has 166 valence electrons. The van der Waals surface area contributed by atoms with Crippen molar-refractivity contribution in [3.8, 4) is 11.5 Å². The highest BCUT2D eigenvalue weighted by Crippen LogP contribution is 2.38. The van der Waals surface area contributed by atoms with E-state index >= 15 is 0 Å². The van der Waals surface area contributed by atoms with Crippen LogP contribution in [0.3, 0.4) is 0 Å². The molecule has 0 spiro atoms. The van der Waals surface area contributed by atoms with Gasteiger partial charge in [0, 0.05) is 19.2 Å². The molecule has 0 saturated carbocycles. The second kappa shape index (κ2) is 10.4. The number of esters is 2. The van der Waals surface area contributed by atoms with Gasteiger partial charge < -0.3 is 18.9 Å². The van der Waals surface area contributed by atoms with Crippen LogP contribution < -0.4 is 9.47 Å². The highest BCUT2D eigenvalue weighted by atomic mass is 32.2. The number of methoxy groups -OCH3 is 3. The zero-order chi connectivity index (χ0) is 22.3. The maximum Gasteiger partial charge on any atom is 0.330 e. The van der Waals surface area contributed by atoms with Gasteiger partial charge in [-0.1, -0.05) is 0 Å². The Kier molecular flexibility index (Phi) is 8.24. The molecule has 30 heavy (non-hydrogen) atoms. The summed E-state index contributed by atoms with van der Waals surface area (Å²) in [6.07, 6.45) is 3.36. The van der Waals surface area contributed by atoms with Crippen LogP contribution in [0, 0.1) is 5.92 Å². The first-order chi connectivity index (χ1) is 14.3. The highest BCUT2D eigenvalue weighted by molar-refractivity contribution is 7.89. The minimum Gasteiger partial charge on any atom is -0.493 e. The van der Waals surface area contributed by atoms with Crippen LogP contribution in [0.1, 0.15) is 25.3 Å². The third-order valence-electron chi connectivity index (χ3n) is 4.77. The fraction of sp³-hybridized carbons (Fsp3) is 0.500. The van der Waals surface area contributed by atoms with E-state index in [9.17, 15) is 18.0 Å². The highest BCUT2D eigenvalue weighted by Gasteiger charge is 2.35. The Morgan fingerprint density at radius 3 is 2.33 bits per heavy atom. The molecule has 0 radical (unpaired) electrons. The van der Waals surface area contributed by atoms with Gasteiger partial charge in [0.15, 0.2) is 11.5 Å². The van der Waals surface area contributed by atoms with E-state index < -0.39 is 16.0 Å². The van der Waals surface area contributed by atoms with Gasteiger partial charge in [0.05, 0.1) is 33.9 Å². The van der Waals surface area contributed by atoms with Crippen molar-refractivity contribution < 1.29 is 37.0 Å². The number of hydrogen-bond acceptors (Lipinski definition) is 8. The van der Waals surface area contributed by atoms with Gasteiger partial charge in [0.25, 0.3) is 0 Å². The molecule has 1 aromatic carbocycles. The molecule has 1 saturated heterocycles. The summed E-state index contributed by atoms with van der Waals surface area (Å²) in [5, 5.41) is 0. The Hall–Kier alpha value is -2.59. The Morgan fingerprint density at radius 1 is 1.13 bits per heavy atom. The van der Waals surface area contributed by atoms with Crippen molar-refractivity contribution in [3.63, 3.8) is 0 Å². The first-order valence-corrected chi connectivity index (χ1v) is 10.9. The minimum atomic E-state index is -3.94. The van der Waals surface area contributed by atoms with Gasteiger partial charge in [0.1, 0.15) is 4.90 Å². The third-order valence-corrected chi connectivity index (χ3v) is 6.68. The first kappa shape index (κ1) is 23.7. The summed E-state index contributed by atoms with van der Waals surface area (Å²) >= 11 is 0. The lowest BCUT2D eigenvalue weighted by molar-refractivity contribution is -0.149. The Morgan fingerprint density at radius 2 is 1.80 bits per heavy atom. The van der Waals surface area contributed by atoms with E-state index in [-0.39, 0.29) is 41.4 Å². The van der Waals surface area contributed by atoms with Crippen LogP contribution >= 0.6 is 0 Å². The molecule has 0 amide bonds. The molecule has 1 aliphatic heterocycles. The monoisotopic (exact) mass is 441 g/mol. The van der Waals surface area contributed by atoms with Crippen molar-refractivity contribution in [2.75, 3.05) is 41.0 Å². The number of carbonyl (C=O) groups is 2. The first-order valence-electron chi connectivity index (χ1n) is 9.47. The molecule has 10 heteroatoms. The van der Waals surface area contributed by atoms with E-state index in [1.165, 1.54) is 43.9 Å². The molecular weight excluding hydrogens is 414 g/mol. The molecule has 9 nitrogen and oxygen atoms in total. The molecule has 1 aromatic rings. The molecule has 0 aromatic heterocycles. The fourth-order valence-corrected chi connectivity index (χ4v) is 4.87. The van der Waals surface area contributed by atoms with Crippen molar-refractivity contribution in [1.82, 2.24) is 4.31 Å². The average Bonchev–Trinajstić information content (AvgIpc) is 2.76. The second-order valence-corrected chi connectivity index (χ2v) is 8.45. The van der Waals surface area contributed by atoms with Crippen LogP contribution in [-0.4, -0.2) is 65.7 Å². The van der Waals surface area contributed by atoms with Crippen LogP contribution in [0.4, 0.5) is 0 Å². The van der Waals surface area contributed by atoms with Gasteiger partial charge in [-0.05, 0) is 43.5 Å². The van der Waals surface area contributed by atoms with Crippen molar-refractivity contribution in [1.29, 1.82) is 0 Å². The number of sulfonamides is 1. The lowest BCUT2D eigenvalue weighted by atomic mass is 9.98. The van der Waals surface area contributed by atoms with E-state index in [0.717, 1.165) is 0 Å². The Balaban J connectivity index is 2.37. The van der Waals surface area contributed by atoms with Crippen LogP contribution in [0.5, 0.6) is 11.5 Å². The van der Waals surface area contributed by atoms with Crippen LogP contribution in [0.25, 0.3) is 6.08 Å². The van der Waals surface area contributed by atoms with Crippen molar-refractivity contribution in [2.45, 2.75) is 24.7 Å². The molecule has 0 aliphatic carbocycles. The fourth-order valence-electron chi connectivity index (χ4n) is 3.20. The standard InChI is InChI=1S/C20H27NO8S/c1-5-29-20(23)15-8-10-21(11-9-15)30(24,25)17-13-14(6-7-18(22)27-3)12-16(26-2)19(17)28-4/h6-7,12-13,15H,5,8-11H2,1-4H3/b7-6+. The van der Waals surface area contributed by atoms with Crippen molar-refractivity contribution in [2.24, 2.45) is 5.92 Å². The zero-order valence-corrected chi connectivity index (χ0v) is 18.4. The average molecular weight is 442 g/mol. The van der Waals surface area contributed by atoms with E-state index in [1.807, 2.05) is 0 Å². The normalized spacial score (nSPS) is 15.7. The van der Waals surface area contributed by atoms with Crippen LogP contribution in [-0.2, 0) is 29.1 Å². The number of nitrogens with zero attached hydrogens (tertiary/aromatic N) is 1. The van der Waals surface area contributed by atoms with E-state index in [2.05, 4.69) is 4.74 Å². The number of carbonyl (C=O) groups excluding carboxylic acids is 2. The minimum absolute atomic E-state index is 0.0697. The van der Waals surface area contributed by atoms with Gasteiger partial charge in [-0.2, -0.15) is 4.31 Å². The summed E-state index contributed by atoms with van der Waals surface area (Å²) in [4.78, 5) is 23.2. The molecule has 0 unspecified atom stereocenters. The lowest BCUT2D eigenvalue weighted by Crippen LogP contribution is -2.40. The van der Waals surface area contributed by atoms with E-state index in [0.29, 0.717) is 25.0 Å². The smallest absolute Gasteiger partial charge is 0.330 e. The summed E-state index contributed by atoms with van der Waals surface area (Å²) < 4.78 is 48.2. The summed E-state index contributed by atoms with van der Waals surface area (Å²) in [5.41, 5.74) is 0.429.